The summed E-state index contributed by atoms with van der Waals surface area (Å²) in [5.74, 6) is 1.78. The Hall–Kier alpha value is -4.14. The van der Waals surface area contributed by atoms with E-state index >= 15 is 0 Å². The minimum Gasteiger partial charge on any atom is -0.454 e. The van der Waals surface area contributed by atoms with E-state index in [4.69, 9.17) is 15.2 Å². The maximum Gasteiger partial charge on any atom is 0.272 e. The monoisotopic (exact) mass is 428 g/mol. The first-order chi connectivity index (χ1) is 15.7. The van der Waals surface area contributed by atoms with Gasteiger partial charge in [0, 0.05) is 31.0 Å². The molecule has 1 atom stereocenters. The van der Waals surface area contributed by atoms with Gasteiger partial charge in [0.15, 0.2) is 11.5 Å². The van der Waals surface area contributed by atoms with Crippen molar-refractivity contribution in [1.29, 1.82) is 0 Å². The van der Waals surface area contributed by atoms with Crippen molar-refractivity contribution in [3.8, 4) is 22.6 Å². The van der Waals surface area contributed by atoms with Crippen LogP contribution in [0.25, 0.3) is 22.2 Å². The van der Waals surface area contributed by atoms with Gasteiger partial charge in [-0.1, -0.05) is 12.1 Å². The van der Waals surface area contributed by atoms with Crippen molar-refractivity contribution in [2.75, 3.05) is 25.6 Å². The molecule has 9 nitrogen and oxygen atoms in total. The summed E-state index contributed by atoms with van der Waals surface area (Å²) in [6, 6.07) is 11.3. The highest BCUT2D eigenvalue weighted by atomic mass is 16.7. The van der Waals surface area contributed by atoms with Crippen LogP contribution in [-0.2, 0) is 0 Å². The van der Waals surface area contributed by atoms with Gasteiger partial charge < -0.3 is 24.7 Å². The second-order valence-corrected chi connectivity index (χ2v) is 7.88. The van der Waals surface area contributed by atoms with Crippen LogP contribution in [0.2, 0.25) is 0 Å². The lowest BCUT2D eigenvalue weighted by Crippen LogP contribution is -2.29. The Kier molecular flexibility index (Phi) is 4.20. The fraction of sp³-hybridized carbons (Fsp3) is 0.217. The second-order valence-electron chi connectivity index (χ2n) is 7.88. The molecule has 9 heteroatoms. The lowest BCUT2D eigenvalue weighted by atomic mass is 10.1. The minimum atomic E-state index is -0.0605. The van der Waals surface area contributed by atoms with Crippen LogP contribution in [0, 0.1) is 0 Å². The van der Waals surface area contributed by atoms with Crippen LogP contribution in [0.15, 0.2) is 55.1 Å². The third kappa shape index (κ3) is 2.93. The van der Waals surface area contributed by atoms with E-state index in [0.717, 1.165) is 34.3 Å². The molecule has 0 spiro atoms. The number of carbonyl (C=O) groups excluding carboxylic acids is 1. The molecule has 0 unspecified atom stereocenters. The standard InChI is InChI=1S/C23H20N6O3/c24-21-20-16(14-4-5-18-19(9-14)32-13-31-18)11-29(22(20)27-12-26-21)15-6-8-28(10-15)23(30)17-3-1-2-7-25-17/h1-5,7,9,11-12,15H,6,8,10,13H2,(H2,24,26,27)/t15-/m0/s1. The Labute approximate surface area is 183 Å². The van der Waals surface area contributed by atoms with E-state index in [1.807, 2.05) is 35.4 Å². The summed E-state index contributed by atoms with van der Waals surface area (Å²) in [6.07, 6.45) is 5.97. The first-order valence-electron chi connectivity index (χ1n) is 10.4. The smallest absolute Gasteiger partial charge is 0.272 e. The van der Waals surface area contributed by atoms with Gasteiger partial charge in [-0.05, 0) is 36.2 Å². The number of nitrogens with zero attached hydrogens (tertiary/aromatic N) is 5. The van der Waals surface area contributed by atoms with Crippen LogP contribution >= 0.6 is 0 Å². The van der Waals surface area contributed by atoms with Gasteiger partial charge in [0.1, 0.15) is 23.5 Å². The van der Waals surface area contributed by atoms with E-state index in [1.165, 1.54) is 6.33 Å². The fourth-order valence-electron chi connectivity index (χ4n) is 4.47. The fourth-order valence-corrected chi connectivity index (χ4v) is 4.47. The summed E-state index contributed by atoms with van der Waals surface area (Å²) in [5, 5.41) is 0.792. The van der Waals surface area contributed by atoms with Crippen molar-refractivity contribution in [2.45, 2.75) is 12.5 Å². The van der Waals surface area contributed by atoms with E-state index in [-0.39, 0.29) is 18.7 Å². The molecule has 0 saturated carbocycles. The number of rotatable bonds is 3. The molecule has 4 aromatic rings. The Bertz CT molecular complexity index is 1340. The number of amides is 1. The van der Waals surface area contributed by atoms with Crippen LogP contribution in [0.1, 0.15) is 23.0 Å². The Morgan fingerprint density at radius 3 is 2.88 bits per heavy atom. The number of ether oxygens (including phenoxy) is 2. The summed E-state index contributed by atoms with van der Waals surface area (Å²) < 4.78 is 13.1. The van der Waals surface area contributed by atoms with E-state index in [1.54, 1.807) is 18.3 Å². The predicted octanol–water partition coefficient (Wildman–Crippen LogP) is 2.89. The topological polar surface area (TPSA) is 108 Å². The molecule has 1 fully saturated rings. The number of pyridine rings is 1. The predicted molar refractivity (Wildman–Crippen MR) is 117 cm³/mol. The second kappa shape index (κ2) is 7.23. The van der Waals surface area contributed by atoms with Crippen molar-refractivity contribution in [3.63, 3.8) is 0 Å². The summed E-state index contributed by atoms with van der Waals surface area (Å²) >= 11 is 0. The molecule has 3 aromatic heterocycles. The van der Waals surface area contributed by atoms with Crippen molar-refractivity contribution in [2.24, 2.45) is 0 Å². The number of anilines is 1. The molecule has 2 aliphatic heterocycles. The molecular formula is C23H20N6O3. The molecule has 0 bridgehead atoms. The number of carbonyl (C=O) groups is 1. The summed E-state index contributed by atoms with van der Waals surface area (Å²) in [5.41, 5.74) is 9.35. The molecule has 0 aliphatic carbocycles. The first kappa shape index (κ1) is 18.6. The molecule has 2 N–H and O–H groups in total. The zero-order valence-corrected chi connectivity index (χ0v) is 17.1. The van der Waals surface area contributed by atoms with E-state index in [0.29, 0.717) is 30.4 Å². The SMILES string of the molecule is Nc1ncnc2c1c(-c1ccc3c(c1)OCO3)cn2[C@H]1CCN(C(=O)c2ccccn2)C1. The molecular weight excluding hydrogens is 408 g/mol. The molecule has 160 valence electrons. The highest BCUT2D eigenvalue weighted by Gasteiger charge is 2.31. The maximum absolute atomic E-state index is 12.9. The number of aromatic nitrogens is 4. The van der Waals surface area contributed by atoms with Crippen molar-refractivity contribution >= 4 is 22.8 Å². The highest BCUT2D eigenvalue weighted by Crippen LogP contribution is 2.40. The average molecular weight is 428 g/mol. The zero-order chi connectivity index (χ0) is 21.7. The van der Waals surface area contributed by atoms with Crippen LogP contribution in [0.3, 0.4) is 0 Å². The van der Waals surface area contributed by atoms with Crippen LogP contribution in [0.4, 0.5) is 5.82 Å². The third-order valence-corrected chi connectivity index (χ3v) is 6.05. The minimum absolute atomic E-state index is 0.0605. The molecule has 1 saturated heterocycles. The van der Waals surface area contributed by atoms with Crippen molar-refractivity contribution in [3.05, 3.63) is 60.8 Å². The molecule has 2 aliphatic rings. The first-order valence-corrected chi connectivity index (χ1v) is 10.4. The number of nitrogen functional groups attached to an aromatic ring is 1. The average Bonchev–Trinajstić information content (AvgIpc) is 3.57. The summed E-state index contributed by atoms with van der Waals surface area (Å²) in [4.78, 5) is 27.6. The van der Waals surface area contributed by atoms with Gasteiger partial charge >= 0.3 is 0 Å². The highest BCUT2D eigenvalue weighted by molar-refractivity contribution is 6.01. The Morgan fingerprint density at radius 1 is 1.09 bits per heavy atom. The Balaban J connectivity index is 1.38. The van der Waals surface area contributed by atoms with Gasteiger partial charge in [-0.15, -0.1) is 0 Å². The third-order valence-electron chi connectivity index (χ3n) is 6.05. The van der Waals surface area contributed by atoms with Gasteiger partial charge in [0.2, 0.25) is 6.79 Å². The summed E-state index contributed by atoms with van der Waals surface area (Å²) in [6.45, 7) is 1.44. The lowest BCUT2D eigenvalue weighted by molar-refractivity contribution is 0.0782. The zero-order valence-electron chi connectivity index (χ0n) is 17.1. The number of benzene rings is 1. The van der Waals surface area contributed by atoms with Crippen LogP contribution in [-0.4, -0.2) is 50.2 Å². The van der Waals surface area contributed by atoms with Crippen LogP contribution < -0.4 is 15.2 Å². The van der Waals surface area contributed by atoms with E-state index < -0.39 is 0 Å². The largest absolute Gasteiger partial charge is 0.454 e. The quantitative estimate of drug-likeness (QED) is 0.534. The van der Waals surface area contributed by atoms with Gasteiger partial charge in [0.25, 0.3) is 5.91 Å². The molecule has 0 radical (unpaired) electrons. The number of fused-ring (bicyclic) bond motifs is 2. The molecule has 5 heterocycles. The van der Waals surface area contributed by atoms with E-state index in [9.17, 15) is 4.79 Å². The maximum atomic E-state index is 12.9. The van der Waals surface area contributed by atoms with Crippen molar-refractivity contribution in [1.82, 2.24) is 24.4 Å². The number of hydrogen-bond donors (Lipinski definition) is 1. The van der Waals surface area contributed by atoms with Gasteiger partial charge in [-0.2, -0.15) is 0 Å². The summed E-state index contributed by atoms with van der Waals surface area (Å²) in [7, 11) is 0. The molecule has 1 amide bonds. The van der Waals surface area contributed by atoms with Crippen molar-refractivity contribution < 1.29 is 14.3 Å². The number of nitrogens with two attached hydrogens (primary N) is 1. The van der Waals surface area contributed by atoms with Crippen LogP contribution in [0.5, 0.6) is 11.5 Å². The number of hydrogen-bond acceptors (Lipinski definition) is 7. The van der Waals surface area contributed by atoms with E-state index in [2.05, 4.69) is 19.5 Å². The normalized spacial score (nSPS) is 17.2. The van der Waals surface area contributed by atoms with Gasteiger partial charge in [-0.25, -0.2) is 9.97 Å². The van der Waals surface area contributed by atoms with Gasteiger partial charge in [0.05, 0.1) is 11.4 Å². The lowest BCUT2D eigenvalue weighted by Gasteiger charge is -2.17. The Morgan fingerprint density at radius 2 is 2.00 bits per heavy atom. The molecule has 32 heavy (non-hydrogen) atoms. The molecule has 1 aromatic carbocycles. The molecule has 6 rings (SSSR count). The van der Waals surface area contributed by atoms with Gasteiger partial charge in [-0.3, -0.25) is 9.78 Å². The number of likely N-dealkylation sites (tertiary alicyclic amines) is 1.